The Kier molecular flexibility index (Phi) is 4.38. The number of fused-ring (bicyclic) bond motifs is 2. The van der Waals surface area contributed by atoms with Gasteiger partial charge < -0.3 is 4.74 Å². The third-order valence-electron chi connectivity index (χ3n) is 4.91. The van der Waals surface area contributed by atoms with Gasteiger partial charge in [-0.05, 0) is 51.1 Å². The molecule has 3 aromatic carbocycles. The molecule has 0 aliphatic carbocycles. The van der Waals surface area contributed by atoms with Crippen LogP contribution in [0.1, 0.15) is 25.3 Å². The van der Waals surface area contributed by atoms with Crippen LogP contribution in [0.25, 0.3) is 32.8 Å². The van der Waals surface area contributed by atoms with Crippen LogP contribution in [-0.4, -0.2) is 12.1 Å². The fraction of sp³-hybridized carbons (Fsp3) is 0.174. The zero-order valence-corrected chi connectivity index (χ0v) is 16.4. The second-order valence-corrected chi connectivity index (χ2v) is 7.54. The van der Waals surface area contributed by atoms with E-state index in [-0.39, 0.29) is 0 Å². The minimum Gasteiger partial charge on any atom is -0.496 e. The molecule has 130 valence electrons. The topological polar surface area (TPSA) is 22.1 Å². The third kappa shape index (κ3) is 2.85. The van der Waals surface area contributed by atoms with E-state index in [0.29, 0.717) is 5.92 Å². The number of pyridine rings is 1. The van der Waals surface area contributed by atoms with Crippen LogP contribution in [0.5, 0.6) is 5.75 Å². The Morgan fingerprint density at radius 2 is 1.65 bits per heavy atom. The molecule has 0 bridgehead atoms. The van der Waals surface area contributed by atoms with E-state index in [0.717, 1.165) is 22.4 Å². The molecular weight excluding hydrogens is 337 g/mol. The van der Waals surface area contributed by atoms with E-state index < -0.39 is 0 Å². The van der Waals surface area contributed by atoms with Crippen molar-refractivity contribution in [2.24, 2.45) is 0 Å². The minimum absolute atomic E-state index is 0.491. The second kappa shape index (κ2) is 6.70. The summed E-state index contributed by atoms with van der Waals surface area (Å²) in [7, 11) is 4.61. The Bertz CT molecular complexity index is 1120. The number of hydrogen-bond donors (Lipinski definition) is 0. The molecular formula is C23H22NOP. The number of aromatic nitrogens is 1. The maximum absolute atomic E-state index is 5.71. The van der Waals surface area contributed by atoms with Crippen LogP contribution >= 0.6 is 9.24 Å². The van der Waals surface area contributed by atoms with E-state index in [1.54, 1.807) is 7.11 Å². The van der Waals surface area contributed by atoms with E-state index in [1.165, 1.54) is 27.0 Å². The highest BCUT2D eigenvalue weighted by molar-refractivity contribution is 7.28. The summed E-state index contributed by atoms with van der Waals surface area (Å²) in [6.07, 6.45) is 1.89. The summed E-state index contributed by atoms with van der Waals surface area (Å²) in [6.45, 7) is 4.44. The minimum atomic E-state index is 0.491. The van der Waals surface area contributed by atoms with Gasteiger partial charge in [0.1, 0.15) is 5.75 Å². The largest absolute Gasteiger partial charge is 0.496 e. The van der Waals surface area contributed by atoms with Gasteiger partial charge in [0.25, 0.3) is 0 Å². The van der Waals surface area contributed by atoms with Crippen molar-refractivity contribution in [3.8, 4) is 17.0 Å². The molecule has 1 heterocycles. The molecule has 0 fully saturated rings. The average molecular weight is 359 g/mol. The summed E-state index contributed by atoms with van der Waals surface area (Å²) < 4.78 is 5.71. The summed E-state index contributed by atoms with van der Waals surface area (Å²) in [6, 6.07) is 19.2. The molecule has 4 rings (SSSR count). The van der Waals surface area contributed by atoms with Crippen molar-refractivity contribution in [2.45, 2.75) is 19.8 Å². The highest BCUT2D eigenvalue weighted by Gasteiger charge is 2.15. The van der Waals surface area contributed by atoms with Gasteiger partial charge in [0.15, 0.2) is 0 Å². The van der Waals surface area contributed by atoms with Crippen molar-refractivity contribution in [3.05, 3.63) is 66.4 Å². The van der Waals surface area contributed by atoms with Gasteiger partial charge in [-0.15, -0.1) is 9.24 Å². The summed E-state index contributed by atoms with van der Waals surface area (Å²) in [5, 5.41) is 5.90. The quantitative estimate of drug-likeness (QED) is 0.439. The molecule has 0 N–H and O–H groups in total. The normalized spacial score (nSPS) is 11.4. The molecule has 0 aliphatic heterocycles. The maximum Gasteiger partial charge on any atom is 0.128 e. The van der Waals surface area contributed by atoms with Crippen molar-refractivity contribution >= 4 is 36.1 Å². The van der Waals surface area contributed by atoms with Crippen LogP contribution in [0.15, 0.2) is 60.8 Å². The first-order chi connectivity index (χ1) is 12.6. The average Bonchev–Trinajstić information content (AvgIpc) is 2.66. The lowest BCUT2D eigenvalue weighted by Crippen LogP contribution is -2.02. The van der Waals surface area contributed by atoms with Crippen molar-refractivity contribution in [1.29, 1.82) is 0 Å². The Morgan fingerprint density at radius 3 is 2.35 bits per heavy atom. The number of hydrogen-bond acceptors (Lipinski definition) is 2. The van der Waals surface area contributed by atoms with Crippen LogP contribution in [0.3, 0.4) is 0 Å². The molecule has 26 heavy (non-hydrogen) atoms. The zero-order chi connectivity index (χ0) is 18.3. The molecule has 0 saturated carbocycles. The van der Waals surface area contributed by atoms with Gasteiger partial charge in [-0.3, -0.25) is 4.98 Å². The van der Waals surface area contributed by atoms with Crippen LogP contribution in [0.2, 0.25) is 0 Å². The number of ether oxygens (including phenoxy) is 1. The van der Waals surface area contributed by atoms with Gasteiger partial charge in [0, 0.05) is 17.1 Å². The van der Waals surface area contributed by atoms with Crippen molar-refractivity contribution in [3.63, 3.8) is 0 Å². The second-order valence-electron chi connectivity index (χ2n) is 6.92. The van der Waals surface area contributed by atoms with Gasteiger partial charge in [-0.25, -0.2) is 0 Å². The fourth-order valence-corrected chi connectivity index (χ4v) is 3.98. The molecule has 3 heteroatoms. The smallest absolute Gasteiger partial charge is 0.128 e. The van der Waals surface area contributed by atoms with Gasteiger partial charge >= 0.3 is 0 Å². The van der Waals surface area contributed by atoms with E-state index in [2.05, 4.69) is 71.6 Å². The third-order valence-corrected chi connectivity index (χ3v) is 5.36. The Balaban J connectivity index is 2.04. The number of rotatable bonds is 3. The predicted molar refractivity (Wildman–Crippen MR) is 115 cm³/mol. The summed E-state index contributed by atoms with van der Waals surface area (Å²) in [5.41, 5.74) is 3.33. The Labute approximate surface area is 156 Å². The number of nitrogens with zero attached hydrogens (tertiary/aromatic N) is 1. The van der Waals surface area contributed by atoms with Crippen molar-refractivity contribution in [1.82, 2.24) is 4.98 Å². The van der Waals surface area contributed by atoms with Crippen LogP contribution in [0, 0.1) is 0 Å². The maximum atomic E-state index is 5.71. The molecule has 0 aliphatic rings. The van der Waals surface area contributed by atoms with E-state index >= 15 is 0 Å². The lowest BCUT2D eigenvalue weighted by molar-refractivity contribution is 0.417. The Hall–Kier alpha value is -2.44. The number of methoxy groups -OCH3 is 1. The molecule has 1 atom stereocenters. The summed E-state index contributed by atoms with van der Waals surface area (Å²) >= 11 is 0. The first kappa shape index (κ1) is 17.0. The highest BCUT2D eigenvalue weighted by Crippen LogP contribution is 2.37. The molecule has 0 amide bonds. The monoisotopic (exact) mass is 359 g/mol. The first-order valence-electron chi connectivity index (χ1n) is 8.83. The molecule has 4 aromatic rings. The first-order valence-corrected chi connectivity index (χ1v) is 9.41. The Morgan fingerprint density at radius 1 is 0.923 bits per heavy atom. The van der Waals surface area contributed by atoms with Crippen LogP contribution in [0.4, 0.5) is 0 Å². The summed E-state index contributed by atoms with van der Waals surface area (Å²) in [5.74, 6) is 1.34. The van der Waals surface area contributed by atoms with E-state index in [9.17, 15) is 0 Å². The van der Waals surface area contributed by atoms with E-state index in [1.807, 2.05) is 12.3 Å². The predicted octanol–water partition coefficient (Wildman–Crippen LogP) is 5.69. The fourth-order valence-electron chi connectivity index (χ4n) is 3.48. The molecule has 0 radical (unpaired) electrons. The standard InChI is InChI=1S/C23H22NOP/c1-14(2)18-10-17-8-9-24-23(22(17)21(26)13-18)19-11-15-6-4-5-7-16(15)12-20(19)25-3/h4-14H,26H2,1-3H3. The highest BCUT2D eigenvalue weighted by atomic mass is 31.0. The van der Waals surface area contributed by atoms with Gasteiger partial charge in [-0.1, -0.05) is 50.2 Å². The summed E-state index contributed by atoms with van der Waals surface area (Å²) in [4.78, 5) is 4.73. The lowest BCUT2D eigenvalue weighted by atomic mass is 9.96. The van der Waals surface area contributed by atoms with E-state index in [4.69, 9.17) is 9.72 Å². The van der Waals surface area contributed by atoms with Crippen molar-refractivity contribution < 1.29 is 4.74 Å². The molecule has 0 saturated heterocycles. The molecule has 0 spiro atoms. The number of benzene rings is 3. The zero-order valence-electron chi connectivity index (χ0n) is 15.3. The molecule has 1 aromatic heterocycles. The van der Waals surface area contributed by atoms with Gasteiger partial charge in [0.2, 0.25) is 0 Å². The van der Waals surface area contributed by atoms with Crippen LogP contribution < -0.4 is 10.0 Å². The van der Waals surface area contributed by atoms with Crippen molar-refractivity contribution in [2.75, 3.05) is 7.11 Å². The molecule has 2 nitrogen and oxygen atoms in total. The van der Waals surface area contributed by atoms with Gasteiger partial charge in [0.05, 0.1) is 12.8 Å². The SMILES string of the molecule is COc1cc2ccccc2cc1-c1nccc2cc(C(C)C)cc(P)c12. The lowest BCUT2D eigenvalue weighted by Gasteiger charge is -2.15. The van der Waals surface area contributed by atoms with Crippen LogP contribution in [-0.2, 0) is 0 Å². The molecule has 1 unspecified atom stereocenters. The van der Waals surface area contributed by atoms with Gasteiger partial charge in [-0.2, -0.15) is 0 Å².